The van der Waals surface area contributed by atoms with Gasteiger partial charge in [0.05, 0.1) is 6.10 Å². The summed E-state index contributed by atoms with van der Waals surface area (Å²) in [5, 5.41) is 9.63. The summed E-state index contributed by atoms with van der Waals surface area (Å²) in [4.78, 5) is 3.84. The van der Waals surface area contributed by atoms with Gasteiger partial charge in [0.2, 0.25) is 10.0 Å². The molecule has 1 aliphatic rings. The molecule has 7 heteroatoms. The predicted octanol–water partition coefficient (Wildman–Crippen LogP) is 0.103. The molecule has 1 aliphatic carbocycles. The van der Waals surface area contributed by atoms with E-state index in [0.717, 1.165) is 19.3 Å². The summed E-state index contributed by atoms with van der Waals surface area (Å²) >= 11 is 0. The number of pyridine rings is 1. The molecule has 2 atom stereocenters. The summed E-state index contributed by atoms with van der Waals surface area (Å²) in [5.41, 5.74) is 5.40. The Bertz CT molecular complexity index is 501. The molecule has 1 heterocycles. The highest BCUT2D eigenvalue weighted by Crippen LogP contribution is 2.25. The Kier molecular flexibility index (Phi) is 3.84. The lowest BCUT2D eigenvalue weighted by Crippen LogP contribution is -2.32. The Morgan fingerprint density at radius 1 is 1.44 bits per heavy atom. The van der Waals surface area contributed by atoms with Crippen molar-refractivity contribution >= 4 is 15.8 Å². The van der Waals surface area contributed by atoms with Gasteiger partial charge in [-0.3, -0.25) is 0 Å². The van der Waals surface area contributed by atoms with Crippen molar-refractivity contribution in [1.29, 1.82) is 0 Å². The molecule has 0 saturated heterocycles. The molecule has 0 spiro atoms. The number of hydrogen-bond donors (Lipinski definition) is 3. The zero-order chi connectivity index (χ0) is 13.2. The van der Waals surface area contributed by atoms with Crippen LogP contribution in [-0.2, 0) is 10.0 Å². The fourth-order valence-corrected chi connectivity index (χ4v) is 3.14. The largest absolute Gasteiger partial charge is 0.393 e. The van der Waals surface area contributed by atoms with Gasteiger partial charge in [-0.05, 0) is 30.9 Å². The van der Waals surface area contributed by atoms with Gasteiger partial charge in [-0.25, -0.2) is 18.1 Å². The summed E-state index contributed by atoms with van der Waals surface area (Å²) in [7, 11) is -3.57. The minimum atomic E-state index is -3.57. The minimum Gasteiger partial charge on any atom is -0.393 e. The molecule has 6 nitrogen and oxygen atoms in total. The molecule has 0 bridgehead atoms. The van der Waals surface area contributed by atoms with Crippen molar-refractivity contribution in [3.8, 4) is 0 Å². The molecular weight excluding hydrogens is 254 g/mol. The van der Waals surface area contributed by atoms with Gasteiger partial charge in [-0.1, -0.05) is 6.42 Å². The molecule has 1 aromatic heterocycles. The van der Waals surface area contributed by atoms with Gasteiger partial charge in [0.1, 0.15) is 10.7 Å². The van der Waals surface area contributed by atoms with Gasteiger partial charge in [-0.2, -0.15) is 0 Å². The molecule has 1 fully saturated rings. The lowest BCUT2D eigenvalue weighted by Gasteiger charge is -2.15. The van der Waals surface area contributed by atoms with Crippen molar-refractivity contribution in [3.63, 3.8) is 0 Å². The Labute approximate surface area is 106 Å². The van der Waals surface area contributed by atoms with Crippen LogP contribution >= 0.6 is 0 Å². The number of rotatable bonds is 4. The number of aromatic nitrogens is 1. The van der Waals surface area contributed by atoms with Crippen molar-refractivity contribution in [2.24, 2.45) is 5.92 Å². The van der Waals surface area contributed by atoms with E-state index in [1.54, 1.807) is 0 Å². The van der Waals surface area contributed by atoms with Crippen LogP contribution in [0.2, 0.25) is 0 Å². The van der Waals surface area contributed by atoms with Crippen LogP contribution < -0.4 is 10.5 Å². The Morgan fingerprint density at radius 2 is 2.22 bits per heavy atom. The molecule has 0 aliphatic heterocycles. The number of aliphatic hydroxyl groups is 1. The van der Waals surface area contributed by atoms with Gasteiger partial charge in [-0.15, -0.1) is 0 Å². The molecule has 0 amide bonds. The number of anilines is 1. The van der Waals surface area contributed by atoms with Crippen molar-refractivity contribution in [2.45, 2.75) is 30.3 Å². The summed E-state index contributed by atoms with van der Waals surface area (Å²) in [5.74, 6) is 0.279. The van der Waals surface area contributed by atoms with Crippen LogP contribution in [-0.4, -0.2) is 31.2 Å². The van der Waals surface area contributed by atoms with Gasteiger partial charge >= 0.3 is 0 Å². The fraction of sp³-hybridized carbons (Fsp3) is 0.545. The topological polar surface area (TPSA) is 105 Å². The van der Waals surface area contributed by atoms with E-state index in [4.69, 9.17) is 5.73 Å². The number of nitrogens with one attached hydrogen (secondary N) is 1. The second kappa shape index (κ2) is 5.21. The quantitative estimate of drug-likeness (QED) is 0.720. The lowest BCUT2D eigenvalue weighted by molar-refractivity contribution is 0.134. The van der Waals surface area contributed by atoms with Gasteiger partial charge < -0.3 is 10.8 Å². The van der Waals surface area contributed by atoms with Crippen LogP contribution in [0.4, 0.5) is 5.82 Å². The van der Waals surface area contributed by atoms with E-state index in [2.05, 4.69) is 9.71 Å². The first-order chi connectivity index (χ1) is 8.49. The van der Waals surface area contributed by atoms with Crippen LogP contribution in [0.25, 0.3) is 0 Å². The Balaban J connectivity index is 2.01. The van der Waals surface area contributed by atoms with E-state index in [1.165, 1.54) is 18.3 Å². The number of sulfonamides is 1. The zero-order valence-electron chi connectivity index (χ0n) is 9.91. The zero-order valence-corrected chi connectivity index (χ0v) is 10.7. The number of hydrogen-bond acceptors (Lipinski definition) is 5. The first-order valence-electron chi connectivity index (χ1n) is 5.88. The molecular formula is C11H17N3O3S. The summed E-state index contributed by atoms with van der Waals surface area (Å²) in [6.45, 7) is 0.258. The van der Waals surface area contributed by atoms with E-state index < -0.39 is 16.1 Å². The van der Waals surface area contributed by atoms with Crippen molar-refractivity contribution < 1.29 is 13.5 Å². The fourth-order valence-electron chi connectivity index (χ4n) is 2.11. The average molecular weight is 271 g/mol. The maximum atomic E-state index is 11.9. The van der Waals surface area contributed by atoms with E-state index in [0.29, 0.717) is 0 Å². The van der Waals surface area contributed by atoms with Crippen LogP contribution in [0, 0.1) is 5.92 Å². The van der Waals surface area contributed by atoms with Crippen molar-refractivity contribution in [2.75, 3.05) is 12.3 Å². The highest BCUT2D eigenvalue weighted by atomic mass is 32.2. The molecule has 100 valence electrons. The summed E-state index contributed by atoms with van der Waals surface area (Å²) < 4.78 is 26.4. The van der Waals surface area contributed by atoms with Gasteiger partial charge in [0.15, 0.2) is 0 Å². The third-order valence-corrected chi connectivity index (χ3v) is 4.63. The van der Waals surface area contributed by atoms with Gasteiger partial charge in [0.25, 0.3) is 0 Å². The summed E-state index contributed by atoms with van der Waals surface area (Å²) in [6.07, 6.45) is 3.36. The van der Waals surface area contributed by atoms with Crippen molar-refractivity contribution in [3.05, 3.63) is 18.3 Å². The third-order valence-electron chi connectivity index (χ3n) is 3.22. The number of nitrogens with zero attached hydrogens (tertiary/aromatic N) is 1. The SMILES string of the molecule is Nc1ccc(S(=O)(=O)NCC2CCCC2O)cn1. The molecule has 1 aromatic rings. The molecule has 4 N–H and O–H groups in total. The molecule has 0 aromatic carbocycles. The standard InChI is InChI=1S/C11H17N3O3S/c12-11-5-4-9(7-13-11)18(16,17)14-6-8-2-1-3-10(8)15/h4-5,7-8,10,14-15H,1-3,6H2,(H2,12,13). The second-order valence-electron chi connectivity index (χ2n) is 4.53. The molecule has 2 rings (SSSR count). The maximum absolute atomic E-state index is 11.9. The number of aliphatic hydroxyl groups excluding tert-OH is 1. The second-order valence-corrected chi connectivity index (χ2v) is 6.30. The van der Waals surface area contributed by atoms with Crippen LogP contribution in [0.5, 0.6) is 0 Å². The third kappa shape index (κ3) is 2.98. The normalized spacial score (nSPS) is 24.3. The maximum Gasteiger partial charge on any atom is 0.242 e. The first kappa shape index (κ1) is 13.3. The first-order valence-corrected chi connectivity index (χ1v) is 7.36. The van der Waals surface area contributed by atoms with Crippen LogP contribution in [0.15, 0.2) is 23.2 Å². The van der Waals surface area contributed by atoms with Crippen molar-refractivity contribution in [1.82, 2.24) is 9.71 Å². The number of nitrogens with two attached hydrogens (primary N) is 1. The number of nitrogen functional groups attached to an aromatic ring is 1. The monoisotopic (exact) mass is 271 g/mol. The predicted molar refractivity (Wildman–Crippen MR) is 67.2 cm³/mol. The van der Waals surface area contributed by atoms with E-state index in [9.17, 15) is 13.5 Å². The Morgan fingerprint density at radius 3 is 2.78 bits per heavy atom. The molecule has 2 unspecified atom stereocenters. The van der Waals surface area contributed by atoms with Crippen LogP contribution in [0.1, 0.15) is 19.3 Å². The summed E-state index contributed by atoms with van der Waals surface area (Å²) in [6, 6.07) is 2.86. The average Bonchev–Trinajstić information content (AvgIpc) is 2.73. The highest BCUT2D eigenvalue weighted by Gasteiger charge is 2.26. The Hall–Kier alpha value is -1.18. The minimum absolute atomic E-state index is 0.00140. The van der Waals surface area contributed by atoms with E-state index >= 15 is 0 Å². The van der Waals surface area contributed by atoms with E-state index in [-0.39, 0.29) is 23.2 Å². The molecule has 18 heavy (non-hydrogen) atoms. The lowest BCUT2D eigenvalue weighted by atomic mass is 10.1. The smallest absolute Gasteiger partial charge is 0.242 e. The van der Waals surface area contributed by atoms with Crippen LogP contribution in [0.3, 0.4) is 0 Å². The van der Waals surface area contributed by atoms with E-state index in [1.807, 2.05) is 0 Å². The molecule has 1 saturated carbocycles. The highest BCUT2D eigenvalue weighted by molar-refractivity contribution is 7.89. The molecule has 0 radical (unpaired) electrons. The van der Waals surface area contributed by atoms with Gasteiger partial charge in [0, 0.05) is 12.7 Å².